The molecule has 0 bridgehead atoms. The Kier molecular flexibility index (Phi) is 17.9. The molecule has 5 unspecified atom stereocenters. The second-order valence-corrected chi connectivity index (χ2v) is 22.6. The summed E-state index contributed by atoms with van der Waals surface area (Å²) in [6.07, 6.45) is 2.85. The molecule has 5 aromatic rings. The van der Waals surface area contributed by atoms with Gasteiger partial charge in [0.05, 0.1) is 12.2 Å². The van der Waals surface area contributed by atoms with Crippen molar-refractivity contribution >= 4 is 71.7 Å². The Morgan fingerprint density at radius 2 is 1.56 bits per heavy atom. The highest BCUT2D eigenvalue weighted by molar-refractivity contribution is 7.50. The Hall–Kier alpha value is -8.44. The van der Waals surface area contributed by atoms with Crippen molar-refractivity contribution < 1.29 is 57.5 Å². The maximum atomic E-state index is 15.0. The number of rotatable bonds is 19. The maximum absolute atomic E-state index is 15.0. The van der Waals surface area contributed by atoms with Crippen molar-refractivity contribution in [1.82, 2.24) is 41.0 Å². The lowest BCUT2D eigenvalue weighted by Crippen LogP contribution is -2.62. The first-order chi connectivity index (χ1) is 38.9. The molecular formula is C59H64N9O12P. The second-order valence-electron chi connectivity index (χ2n) is 21.0. The molecule has 5 heterocycles. The summed E-state index contributed by atoms with van der Waals surface area (Å²) >= 11 is 0. The van der Waals surface area contributed by atoms with Gasteiger partial charge in [-0.2, -0.15) is 0 Å². The van der Waals surface area contributed by atoms with Crippen LogP contribution in [0.5, 0.6) is 0 Å². The van der Waals surface area contributed by atoms with Crippen molar-refractivity contribution in [2.75, 3.05) is 13.1 Å². The number of aromatic nitrogens is 1. The molecule has 1 aromatic heterocycles. The van der Waals surface area contributed by atoms with Crippen LogP contribution in [0.25, 0.3) is 10.9 Å². The fourth-order valence-corrected chi connectivity index (χ4v) is 11.9. The summed E-state index contributed by atoms with van der Waals surface area (Å²) < 4.78 is 11.8. The predicted molar refractivity (Wildman–Crippen MR) is 296 cm³/mol. The van der Waals surface area contributed by atoms with Gasteiger partial charge in [0.2, 0.25) is 41.4 Å². The lowest BCUT2D eigenvalue weighted by molar-refractivity contribution is -0.145. The predicted octanol–water partition coefficient (Wildman–Crippen LogP) is 3.96. The molecule has 9 rings (SSSR count). The number of imide groups is 1. The highest BCUT2D eigenvalue weighted by Crippen LogP contribution is 2.40. The van der Waals surface area contributed by atoms with E-state index in [0.29, 0.717) is 66.1 Å². The molecule has 3 saturated heterocycles. The van der Waals surface area contributed by atoms with Crippen LogP contribution in [0.15, 0.2) is 103 Å². The Balaban J connectivity index is 0.875. The largest absolute Gasteiger partial charge is 0.370 e. The van der Waals surface area contributed by atoms with E-state index in [0.717, 1.165) is 16.7 Å². The average molecular weight is 1120 g/mol. The summed E-state index contributed by atoms with van der Waals surface area (Å²) in [4.78, 5) is 148. The third kappa shape index (κ3) is 13.9. The zero-order valence-electron chi connectivity index (χ0n) is 44.4. The van der Waals surface area contributed by atoms with Crippen LogP contribution >= 0.6 is 7.60 Å². The number of benzene rings is 4. The van der Waals surface area contributed by atoms with E-state index >= 15 is 4.79 Å². The topological polar surface area (TPSA) is 311 Å². The summed E-state index contributed by atoms with van der Waals surface area (Å²) in [6, 6.07) is 24.4. The van der Waals surface area contributed by atoms with Crippen LogP contribution in [0.3, 0.4) is 0 Å². The van der Waals surface area contributed by atoms with Crippen molar-refractivity contribution in [3.05, 3.63) is 142 Å². The lowest BCUT2D eigenvalue weighted by atomic mass is 9.98. The molecule has 21 nitrogen and oxygen atoms in total. The minimum atomic E-state index is -4.40. The van der Waals surface area contributed by atoms with Gasteiger partial charge in [0.1, 0.15) is 29.9 Å². The molecular weight excluding hydrogens is 1060 g/mol. The first kappa shape index (κ1) is 57.3. The van der Waals surface area contributed by atoms with Gasteiger partial charge in [0.25, 0.3) is 11.8 Å². The molecule has 4 aliphatic heterocycles. The van der Waals surface area contributed by atoms with Crippen molar-refractivity contribution in [2.24, 2.45) is 5.73 Å². The number of aromatic amines is 1. The van der Waals surface area contributed by atoms with Crippen LogP contribution < -0.4 is 27.0 Å². The Morgan fingerprint density at radius 1 is 0.815 bits per heavy atom. The van der Waals surface area contributed by atoms with Crippen LogP contribution in [0.1, 0.15) is 132 Å². The summed E-state index contributed by atoms with van der Waals surface area (Å²) in [6.45, 7) is 0.172. The molecule has 0 aliphatic carbocycles. The van der Waals surface area contributed by atoms with Crippen LogP contribution in [0, 0.1) is 11.8 Å². The minimum Gasteiger partial charge on any atom is -0.370 e. The molecule has 0 radical (unpaired) electrons. The highest BCUT2D eigenvalue weighted by atomic mass is 31.2. The number of carbonyl (C=O) groups excluding carboxylic acids is 9. The van der Waals surface area contributed by atoms with E-state index in [2.05, 4.69) is 38.1 Å². The number of fused-ring (bicyclic) bond motifs is 3. The third-order valence-corrected chi connectivity index (χ3v) is 16.1. The molecule has 4 aliphatic rings. The summed E-state index contributed by atoms with van der Waals surface area (Å²) in [5.74, 6) is 1.75. The van der Waals surface area contributed by atoms with E-state index in [-0.39, 0.29) is 81.6 Å². The molecule has 0 saturated carbocycles. The van der Waals surface area contributed by atoms with Crippen LogP contribution in [-0.4, -0.2) is 126 Å². The fourth-order valence-electron chi connectivity index (χ4n) is 11.2. The minimum absolute atomic E-state index is 0.0355. The summed E-state index contributed by atoms with van der Waals surface area (Å²) in [5, 5.41) is 11.5. The van der Waals surface area contributed by atoms with Gasteiger partial charge in [0, 0.05) is 73.4 Å². The van der Waals surface area contributed by atoms with Crippen molar-refractivity contribution in [1.29, 1.82) is 0 Å². The van der Waals surface area contributed by atoms with Gasteiger partial charge in [-0.15, -0.1) is 0 Å². The Morgan fingerprint density at radius 3 is 2.26 bits per heavy atom. The van der Waals surface area contributed by atoms with Gasteiger partial charge < -0.3 is 51.2 Å². The second kappa shape index (κ2) is 25.3. The van der Waals surface area contributed by atoms with Crippen LogP contribution in [-0.2, 0) is 50.8 Å². The average Bonchev–Trinajstić information content (AvgIpc) is 4.18. The number of primary amides is 1. The van der Waals surface area contributed by atoms with E-state index in [9.17, 15) is 52.7 Å². The number of hydrogen-bond acceptors (Lipinski definition) is 10. The van der Waals surface area contributed by atoms with Gasteiger partial charge in [-0.1, -0.05) is 91.1 Å². The Labute approximate surface area is 467 Å². The number of amides is 9. The molecule has 422 valence electrons. The number of nitrogens with two attached hydrogens (primary N) is 1. The smallest absolute Gasteiger partial charge is 0.329 e. The quantitative estimate of drug-likeness (QED) is 0.0252. The molecule has 0 spiro atoms. The van der Waals surface area contributed by atoms with Crippen molar-refractivity contribution in [3.8, 4) is 11.8 Å². The van der Waals surface area contributed by atoms with E-state index in [1.807, 2.05) is 66.7 Å². The van der Waals surface area contributed by atoms with E-state index in [1.54, 1.807) is 29.2 Å². The zero-order chi connectivity index (χ0) is 57.4. The number of hydrogen-bond donors (Lipinski definition) is 8. The first-order valence-electron chi connectivity index (χ1n) is 27.2. The normalized spacial score (nSPS) is 19.4. The highest BCUT2D eigenvalue weighted by Gasteiger charge is 2.46. The van der Waals surface area contributed by atoms with Gasteiger partial charge >= 0.3 is 7.60 Å². The first-order valence-corrected chi connectivity index (χ1v) is 29.0. The monoisotopic (exact) mass is 1120 g/mol. The fraction of sp³-hybridized carbons (Fsp3) is 0.373. The van der Waals surface area contributed by atoms with Gasteiger partial charge in [0.15, 0.2) is 0 Å². The summed E-state index contributed by atoms with van der Waals surface area (Å²) in [7, 11) is -4.40. The van der Waals surface area contributed by atoms with Gasteiger partial charge in [-0.25, -0.2) is 0 Å². The number of unbranched alkanes of at least 4 members (excludes halogenated alkanes) is 3. The number of carbonyl (C=O) groups is 9. The summed E-state index contributed by atoms with van der Waals surface area (Å²) in [5.41, 5.74) is 9.85. The van der Waals surface area contributed by atoms with Gasteiger partial charge in [-0.3, -0.25) is 53.0 Å². The van der Waals surface area contributed by atoms with Crippen LogP contribution in [0.2, 0.25) is 0 Å². The zero-order valence-corrected chi connectivity index (χ0v) is 45.3. The Bertz CT molecular complexity index is 3330. The van der Waals surface area contributed by atoms with Crippen molar-refractivity contribution in [2.45, 2.75) is 126 Å². The number of nitrogens with one attached hydrogen (secondary N) is 5. The lowest BCUT2D eigenvalue weighted by Gasteiger charge is -2.39. The maximum Gasteiger partial charge on any atom is 0.329 e. The van der Waals surface area contributed by atoms with Crippen LogP contribution in [0.4, 0.5) is 0 Å². The number of piperidine rings is 1. The standard InChI is InChI=1S/C59H64N9O12P/c60-50(69)27-24-45(54(72)65-53(38-14-7-4-8-15-38)39-16-9-5-10-17-39)62-57(75)49-25-22-41-29-30-66(34-47(59(77)68(41)49)63-55(73)46-32-40-31-36(35-81(78,79)80)21-23-44(40)61-46)52(71)20-11-3-1-2-6-13-37-18-12-19-42-43(37)33-67(58(42)76)48-26-28-51(70)64-56(48)74/h4-5,7-10,12,14-19,21,23,31-32,41,45,47-49,53,61H,1-3,11,20,22,24-30,33-35H2,(H2,60,69)(H,62,75)(H,63,73)(H,65,72)(H,64,70,74)(H2,78,79,80). The molecule has 9 N–H and O–H groups in total. The van der Waals surface area contributed by atoms with Gasteiger partial charge in [-0.05, 0) is 97.5 Å². The molecule has 81 heavy (non-hydrogen) atoms. The van der Waals surface area contributed by atoms with E-state index < -0.39 is 85.5 Å². The molecule has 4 aromatic carbocycles. The molecule has 5 atom stereocenters. The van der Waals surface area contributed by atoms with E-state index in [1.165, 1.54) is 21.9 Å². The SMILES string of the molecule is NC(=O)CCC(NC(=O)C1CCC2CCN(C(=O)CCCCCC#Cc3cccc4c3CN(C3CCC(=O)NC3=O)C4=O)CC(NC(=O)c3cc4cc(CP(=O)(O)O)ccc4[nH]3)C(=O)N21)C(=O)NC(c1ccccc1)c1ccccc1. The van der Waals surface area contributed by atoms with E-state index in [4.69, 9.17) is 5.73 Å². The van der Waals surface area contributed by atoms with Crippen molar-refractivity contribution in [3.63, 3.8) is 0 Å². The number of H-pyrrole nitrogens is 1. The molecule has 3 fully saturated rings. The molecule has 9 amide bonds. The molecule has 22 heteroatoms. The number of nitrogens with zero attached hydrogens (tertiary/aromatic N) is 3. The third-order valence-electron chi connectivity index (χ3n) is 15.3.